The van der Waals surface area contributed by atoms with Gasteiger partial charge in [-0.05, 0) is 24.3 Å². The summed E-state index contributed by atoms with van der Waals surface area (Å²) in [4.78, 5) is 20.4. The lowest BCUT2D eigenvalue weighted by Gasteiger charge is -2.02. The summed E-state index contributed by atoms with van der Waals surface area (Å²) in [5.41, 5.74) is 1.46. The molecule has 0 spiro atoms. The Bertz CT molecular complexity index is 732. The number of aryl methyl sites for hydroxylation is 1. The predicted molar refractivity (Wildman–Crippen MR) is 66.2 cm³/mol. The predicted octanol–water partition coefficient (Wildman–Crippen LogP) is 1.59. The van der Waals surface area contributed by atoms with Gasteiger partial charge in [0.2, 0.25) is 5.78 Å². The number of rotatable bonds is 2. The minimum atomic E-state index is -0.138. The Kier molecular flexibility index (Phi) is 2.37. The van der Waals surface area contributed by atoms with Crippen molar-refractivity contribution < 1.29 is 4.79 Å². The molecule has 18 heavy (non-hydrogen) atoms. The van der Waals surface area contributed by atoms with E-state index in [2.05, 4.69) is 15.1 Å². The average molecular weight is 238 g/mol. The van der Waals surface area contributed by atoms with Crippen LogP contribution in [-0.2, 0) is 7.05 Å². The molecule has 88 valence electrons. The summed E-state index contributed by atoms with van der Waals surface area (Å²) in [6.07, 6.45) is 3.10. The van der Waals surface area contributed by atoms with Gasteiger partial charge >= 0.3 is 0 Å². The van der Waals surface area contributed by atoms with Crippen LogP contribution in [0.4, 0.5) is 0 Å². The fourth-order valence-electron chi connectivity index (χ4n) is 1.85. The largest absolute Gasteiger partial charge is 0.285 e. The van der Waals surface area contributed by atoms with E-state index in [4.69, 9.17) is 0 Å². The van der Waals surface area contributed by atoms with Crippen molar-refractivity contribution in [1.29, 1.82) is 0 Å². The van der Waals surface area contributed by atoms with Crippen molar-refractivity contribution in [2.45, 2.75) is 0 Å². The maximum absolute atomic E-state index is 12.2. The van der Waals surface area contributed by atoms with E-state index in [1.807, 2.05) is 24.3 Å². The molecule has 5 nitrogen and oxygen atoms in total. The van der Waals surface area contributed by atoms with Crippen molar-refractivity contribution in [3.63, 3.8) is 0 Å². The van der Waals surface area contributed by atoms with E-state index < -0.39 is 0 Å². The van der Waals surface area contributed by atoms with E-state index >= 15 is 0 Å². The van der Waals surface area contributed by atoms with Crippen molar-refractivity contribution >= 4 is 16.7 Å². The van der Waals surface area contributed by atoms with E-state index in [0.717, 1.165) is 10.9 Å². The van der Waals surface area contributed by atoms with Crippen molar-refractivity contribution in [2.24, 2.45) is 7.05 Å². The molecule has 0 aliphatic carbocycles. The number of fused-ring (bicyclic) bond motifs is 1. The van der Waals surface area contributed by atoms with Crippen molar-refractivity contribution in [3.8, 4) is 0 Å². The van der Waals surface area contributed by atoms with Gasteiger partial charge in [-0.1, -0.05) is 6.07 Å². The molecule has 3 rings (SSSR count). The van der Waals surface area contributed by atoms with E-state index in [0.29, 0.717) is 11.4 Å². The van der Waals surface area contributed by atoms with Gasteiger partial charge in [0.25, 0.3) is 0 Å². The second kappa shape index (κ2) is 4.03. The van der Waals surface area contributed by atoms with Gasteiger partial charge < -0.3 is 0 Å². The van der Waals surface area contributed by atoms with Gasteiger partial charge in [0.1, 0.15) is 6.33 Å². The molecular weight excluding hydrogens is 228 g/mol. The first kappa shape index (κ1) is 10.6. The molecule has 0 fully saturated rings. The number of aromatic nitrogens is 4. The van der Waals surface area contributed by atoms with Crippen LogP contribution in [0.2, 0.25) is 0 Å². The van der Waals surface area contributed by atoms with Gasteiger partial charge in [0.05, 0.1) is 5.52 Å². The smallest absolute Gasteiger partial charge is 0.229 e. The zero-order valence-corrected chi connectivity index (χ0v) is 9.74. The third-order valence-corrected chi connectivity index (χ3v) is 2.78. The van der Waals surface area contributed by atoms with Crippen molar-refractivity contribution in [3.05, 3.63) is 54.2 Å². The molecule has 3 aromatic rings. The van der Waals surface area contributed by atoms with E-state index in [1.165, 1.54) is 11.0 Å². The van der Waals surface area contributed by atoms with E-state index in [-0.39, 0.29) is 5.78 Å². The van der Waals surface area contributed by atoms with Crippen molar-refractivity contribution in [1.82, 2.24) is 19.7 Å². The maximum Gasteiger partial charge on any atom is 0.229 e. The first-order valence-corrected chi connectivity index (χ1v) is 5.49. The van der Waals surface area contributed by atoms with E-state index in [1.54, 1.807) is 19.3 Å². The summed E-state index contributed by atoms with van der Waals surface area (Å²) in [5, 5.41) is 4.83. The molecule has 1 aromatic carbocycles. The molecule has 0 aliphatic heterocycles. The highest BCUT2D eigenvalue weighted by Gasteiger charge is 2.14. The molecule has 0 bridgehead atoms. The summed E-state index contributed by atoms with van der Waals surface area (Å²) in [7, 11) is 1.70. The lowest BCUT2D eigenvalue weighted by atomic mass is 10.1. The van der Waals surface area contributed by atoms with Gasteiger partial charge in [0, 0.05) is 24.2 Å². The van der Waals surface area contributed by atoms with Crippen LogP contribution in [0.5, 0.6) is 0 Å². The van der Waals surface area contributed by atoms with Gasteiger partial charge in [-0.2, -0.15) is 5.10 Å². The molecule has 0 saturated carbocycles. The molecule has 2 heterocycles. The fraction of sp³-hybridized carbons (Fsp3) is 0.0769. The summed E-state index contributed by atoms with van der Waals surface area (Å²) in [6, 6.07) is 9.18. The quantitative estimate of drug-likeness (QED) is 0.636. The summed E-state index contributed by atoms with van der Waals surface area (Å²) >= 11 is 0. The van der Waals surface area contributed by atoms with Gasteiger partial charge in [0.15, 0.2) is 5.82 Å². The first-order chi connectivity index (χ1) is 8.75. The summed E-state index contributed by atoms with van der Waals surface area (Å²) in [6.45, 7) is 0. The highest BCUT2D eigenvalue weighted by Crippen LogP contribution is 2.15. The molecule has 0 atom stereocenters. The Morgan fingerprint density at radius 2 is 2.11 bits per heavy atom. The molecule has 0 N–H and O–H groups in total. The zero-order chi connectivity index (χ0) is 12.5. The molecule has 0 saturated heterocycles. The number of hydrogen-bond acceptors (Lipinski definition) is 4. The first-order valence-electron chi connectivity index (χ1n) is 5.49. The zero-order valence-electron chi connectivity index (χ0n) is 9.74. The van der Waals surface area contributed by atoms with Crippen molar-refractivity contribution in [2.75, 3.05) is 0 Å². The van der Waals surface area contributed by atoms with Crippen LogP contribution in [0.1, 0.15) is 16.2 Å². The van der Waals surface area contributed by atoms with Crippen LogP contribution < -0.4 is 0 Å². The van der Waals surface area contributed by atoms with Gasteiger partial charge in [-0.15, -0.1) is 0 Å². The number of pyridine rings is 1. The van der Waals surface area contributed by atoms with Crippen LogP contribution in [0.15, 0.2) is 42.9 Å². The van der Waals surface area contributed by atoms with Crippen LogP contribution in [0, 0.1) is 0 Å². The van der Waals surface area contributed by atoms with Crippen LogP contribution in [0.25, 0.3) is 10.9 Å². The Hall–Kier alpha value is -2.56. The minimum absolute atomic E-state index is 0.138. The standard InChI is InChI=1S/C13H10N4O/c1-17-13(15-8-16-17)12(18)10-4-5-11-9(7-10)3-2-6-14-11/h2-8H,1H3. The van der Waals surface area contributed by atoms with Crippen LogP contribution in [-0.4, -0.2) is 25.5 Å². The Morgan fingerprint density at radius 3 is 2.89 bits per heavy atom. The number of ketones is 1. The van der Waals surface area contributed by atoms with Crippen LogP contribution >= 0.6 is 0 Å². The Morgan fingerprint density at radius 1 is 1.22 bits per heavy atom. The topological polar surface area (TPSA) is 60.7 Å². The molecule has 0 aliphatic rings. The second-order valence-corrected chi connectivity index (χ2v) is 3.95. The molecule has 2 aromatic heterocycles. The molecule has 0 unspecified atom stereocenters. The number of carbonyl (C=O) groups is 1. The SMILES string of the molecule is Cn1ncnc1C(=O)c1ccc2ncccc2c1. The average Bonchev–Trinajstić information content (AvgIpc) is 2.83. The lowest BCUT2D eigenvalue weighted by molar-refractivity contribution is 0.102. The molecule has 5 heteroatoms. The second-order valence-electron chi connectivity index (χ2n) is 3.95. The Labute approximate surface area is 103 Å². The monoisotopic (exact) mass is 238 g/mol. The van der Waals surface area contributed by atoms with Gasteiger partial charge in [-0.25, -0.2) is 9.67 Å². The fourth-order valence-corrected chi connectivity index (χ4v) is 1.85. The number of carbonyl (C=O) groups excluding carboxylic acids is 1. The highest BCUT2D eigenvalue weighted by molar-refractivity contribution is 6.08. The normalized spacial score (nSPS) is 10.7. The number of hydrogen-bond donors (Lipinski definition) is 0. The summed E-state index contributed by atoms with van der Waals surface area (Å²) in [5.74, 6) is 0.194. The highest BCUT2D eigenvalue weighted by atomic mass is 16.1. The molecule has 0 amide bonds. The molecule has 0 radical (unpaired) electrons. The summed E-state index contributed by atoms with van der Waals surface area (Å²) < 4.78 is 1.47. The Balaban J connectivity index is 2.10. The maximum atomic E-state index is 12.2. The molecular formula is C13H10N4O. The lowest BCUT2D eigenvalue weighted by Crippen LogP contribution is -2.09. The number of nitrogens with zero attached hydrogens (tertiary/aromatic N) is 4. The van der Waals surface area contributed by atoms with Gasteiger partial charge in [-0.3, -0.25) is 9.78 Å². The van der Waals surface area contributed by atoms with E-state index in [9.17, 15) is 4.79 Å². The number of benzene rings is 1. The minimum Gasteiger partial charge on any atom is -0.285 e. The van der Waals surface area contributed by atoms with Crippen LogP contribution in [0.3, 0.4) is 0 Å². The third kappa shape index (κ3) is 1.66. The third-order valence-electron chi connectivity index (χ3n) is 2.78.